The summed E-state index contributed by atoms with van der Waals surface area (Å²) in [4.78, 5) is 24.1. The predicted molar refractivity (Wildman–Crippen MR) is 94.8 cm³/mol. The third-order valence-electron chi connectivity index (χ3n) is 4.73. The average Bonchev–Trinajstić information content (AvgIpc) is 3.06. The van der Waals surface area contributed by atoms with Gasteiger partial charge in [0.2, 0.25) is 5.91 Å². The lowest BCUT2D eigenvalue weighted by Crippen LogP contribution is -2.32. The summed E-state index contributed by atoms with van der Waals surface area (Å²) in [6, 6.07) is 7.07. The minimum atomic E-state index is -0.524. The molecule has 0 saturated heterocycles. The maximum atomic E-state index is 12.2. The Morgan fingerprint density at radius 2 is 2.08 bits per heavy atom. The molecule has 1 aliphatic rings. The molecule has 4 rings (SSSR count). The average molecular weight is 355 g/mol. The fourth-order valence-corrected chi connectivity index (χ4v) is 3.41. The van der Waals surface area contributed by atoms with Gasteiger partial charge in [-0.1, -0.05) is 18.6 Å². The minimum Gasteiger partial charge on any atom is -0.408 e. The Morgan fingerprint density at radius 1 is 1.19 bits per heavy atom. The zero-order valence-electron chi connectivity index (χ0n) is 14.5. The van der Waals surface area contributed by atoms with Crippen molar-refractivity contribution in [1.82, 2.24) is 24.6 Å². The van der Waals surface area contributed by atoms with E-state index in [0.29, 0.717) is 24.1 Å². The Kier molecular flexibility index (Phi) is 4.55. The van der Waals surface area contributed by atoms with Crippen molar-refractivity contribution in [3.8, 4) is 0 Å². The monoisotopic (exact) mass is 355 g/mol. The fraction of sp³-hybridized carbons (Fsp3) is 0.444. The van der Waals surface area contributed by atoms with Crippen molar-refractivity contribution < 1.29 is 9.21 Å². The molecule has 8 heteroatoms. The topological polar surface area (TPSA) is 94.9 Å². The molecule has 1 aliphatic heterocycles. The van der Waals surface area contributed by atoms with E-state index < -0.39 is 5.76 Å². The Balaban J connectivity index is 1.37. The highest BCUT2D eigenvalue weighted by Gasteiger charge is 2.15. The second kappa shape index (κ2) is 7.15. The predicted octanol–water partition coefficient (Wildman–Crippen LogP) is 1.27. The number of fused-ring (bicyclic) bond motifs is 2. The first-order valence-electron chi connectivity index (χ1n) is 8.98. The van der Waals surface area contributed by atoms with Crippen LogP contribution in [0.15, 0.2) is 33.5 Å². The number of oxazole rings is 1. The molecule has 0 fully saturated rings. The van der Waals surface area contributed by atoms with E-state index in [1.54, 1.807) is 18.2 Å². The van der Waals surface area contributed by atoms with Crippen molar-refractivity contribution >= 4 is 17.0 Å². The van der Waals surface area contributed by atoms with Crippen LogP contribution < -0.4 is 11.1 Å². The summed E-state index contributed by atoms with van der Waals surface area (Å²) in [7, 11) is 0. The van der Waals surface area contributed by atoms with E-state index in [9.17, 15) is 9.59 Å². The maximum absolute atomic E-state index is 12.2. The first-order valence-corrected chi connectivity index (χ1v) is 8.98. The van der Waals surface area contributed by atoms with Crippen LogP contribution in [-0.2, 0) is 30.7 Å². The number of hydrogen-bond donors (Lipinski definition) is 1. The van der Waals surface area contributed by atoms with Gasteiger partial charge in [-0.3, -0.25) is 9.36 Å². The Bertz CT molecular complexity index is 984. The van der Waals surface area contributed by atoms with Crippen LogP contribution in [-0.4, -0.2) is 31.8 Å². The van der Waals surface area contributed by atoms with Crippen molar-refractivity contribution in [2.24, 2.45) is 0 Å². The maximum Gasteiger partial charge on any atom is 0.420 e. The summed E-state index contributed by atoms with van der Waals surface area (Å²) in [5.41, 5.74) is 1.10. The van der Waals surface area contributed by atoms with Crippen LogP contribution in [0, 0.1) is 0 Å². The third-order valence-corrected chi connectivity index (χ3v) is 4.73. The van der Waals surface area contributed by atoms with Gasteiger partial charge in [-0.2, -0.15) is 0 Å². The SMILES string of the molecule is O=C(Cn1c(=O)oc2ccccc21)NCCc1nnc2n1CCCCC2. The van der Waals surface area contributed by atoms with Crippen LogP contribution in [0.1, 0.15) is 30.9 Å². The zero-order chi connectivity index (χ0) is 17.9. The van der Waals surface area contributed by atoms with Gasteiger partial charge in [0.05, 0.1) is 5.52 Å². The number of carbonyl (C=O) groups excluding carboxylic acids is 1. The van der Waals surface area contributed by atoms with Crippen LogP contribution in [0.4, 0.5) is 0 Å². The molecule has 26 heavy (non-hydrogen) atoms. The molecule has 0 atom stereocenters. The first-order chi connectivity index (χ1) is 12.7. The number of rotatable bonds is 5. The smallest absolute Gasteiger partial charge is 0.408 e. The Labute approximate surface area is 149 Å². The molecule has 0 saturated carbocycles. The molecule has 8 nitrogen and oxygen atoms in total. The van der Waals surface area contributed by atoms with Gasteiger partial charge in [0.15, 0.2) is 5.58 Å². The van der Waals surface area contributed by atoms with Gasteiger partial charge in [0.1, 0.15) is 18.2 Å². The van der Waals surface area contributed by atoms with Gasteiger partial charge >= 0.3 is 5.76 Å². The molecule has 136 valence electrons. The number of hydrogen-bond acceptors (Lipinski definition) is 5. The number of nitrogens with one attached hydrogen (secondary N) is 1. The van der Waals surface area contributed by atoms with Gasteiger partial charge in [0.25, 0.3) is 0 Å². The van der Waals surface area contributed by atoms with Gasteiger partial charge in [0, 0.05) is 25.9 Å². The molecule has 0 spiro atoms. The van der Waals surface area contributed by atoms with Gasteiger partial charge in [-0.05, 0) is 25.0 Å². The highest BCUT2D eigenvalue weighted by Crippen LogP contribution is 2.14. The summed E-state index contributed by atoms with van der Waals surface area (Å²) in [5, 5.41) is 11.4. The van der Waals surface area contributed by atoms with Crippen molar-refractivity contribution in [3.05, 3.63) is 46.5 Å². The van der Waals surface area contributed by atoms with E-state index >= 15 is 0 Å². The normalized spacial score (nSPS) is 14.2. The first kappa shape index (κ1) is 16.6. The number of carbonyl (C=O) groups is 1. The molecule has 0 bridgehead atoms. The van der Waals surface area contributed by atoms with E-state index in [1.165, 1.54) is 11.0 Å². The van der Waals surface area contributed by atoms with Crippen molar-refractivity contribution in [1.29, 1.82) is 0 Å². The molecule has 0 unspecified atom stereocenters. The lowest BCUT2D eigenvalue weighted by Gasteiger charge is -2.08. The summed E-state index contributed by atoms with van der Waals surface area (Å²) >= 11 is 0. The van der Waals surface area contributed by atoms with E-state index in [0.717, 1.165) is 37.5 Å². The summed E-state index contributed by atoms with van der Waals surface area (Å²) < 4.78 is 8.66. The molecule has 3 aromatic rings. The van der Waals surface area contributed by atoms with Gasteiger partial charge < -0.3 is 14.3 Å². The number of aryl methyl sites for hydroxylation is 1. The molecule has 0 aliphatic carbocycles. The molecular weight excluding hydrogens is 334 g/mol. The number of amides is 1. The van der Waals surface area contributed by atoms with Crippen LogP contribution in [0.5, 0.6) is 0 Å². The molecule has 1 N–H and O–H groups in total. The number of nitrogens with zero attached hydrogens (tertiary/aromatic N) is 4. The van der Waals surface area contributed by atoms with Crippen molar-refractivity contribution in [3.63, 3.8) is 0 Å². The molecule has 1 amide bonds. The van der Waals surface area contributed by atoms with Crippen molar-refractivity contribution in [2.75, 3.05) is 6.54 Å². The largest absolute Gasteiger partial charge is 0.420 e. The highest BCUT2D eigenvalue weighted by atomic mass is 16.4. The van der Waals surface area contributed by atoms with E-state index in [-0.39, 0.29) is 12.5 Å². The second-order valence-electron chi connectivity index (χ2n) is 6.52. The summed E-state index contributed by atoms with van der Waals surface area (Å²) in [6.07, 6.45) is 5.10. The van der Waals surface area contributed by atoms with Gasteiger partial charge in [-0.25, -0.2) is 4.79 Å². The quantitative estimate of drug-likeness (QED) is 0.744. The van der Waals surface area contributed by atoms with Crippen LogP contribution in [0.2, 0.25) is 0 Å². The van der Waals surface area contributed by atoms with Crippen LogP contribution in [0.25, 0.3) is 11.1 Å². The lowest BCUT2D eigenvalue weighted by molar-refractivity contribution is -0.121. The second-order valence-corrected chi connectivity index (χ2v) is 6.52. The fourth-order valence-electron chi connectivity index (χ4n) is 3.41. The van der Waals surface area contributed by atoms with E-state index in [4.69, 9.17) is 4.42 Å². The minimum absolute atomic E-state index is 0.0617. The molecule has 1 aromatic carbocycles. The Morgan fingerprint density at radius 3 is 3.00 bits per heavy atom. The number of para-hydroxylation sites is 2. The van der Waals surface area contributed by atoms with E-state index in [1.807, 2.05) is 6.07 Å². The Hall–Kier alpha value is -2.90. The lowest BCUT2D eigenvalue weighted by atomic mass is 10.2. The number of aromatic nitrogens is 4. The third kappa shape index (κ3) is 3.26. The summed E-state index contributed by atoms with van der Waals surface area (Å²) in [5.74, 6) is 1.20. The van der Waals surface area contributed by atoms with Crippen LogP contribution >= 0.6 is 0 Å². The molecule has 0 radical (unpaired) electrons. The molecule has 3 heterocycles. The molecular formula is C18H21N5O3. The standard InChI is InChI=1S/C18H21N5O3/c24-17(12-23-13-6-3-4-7-14(13)26-18(23)25)19-10-9-16-21-20-15-8-2-1-5-11-22(15)16/h3-4,6-7H,1-2,5,8-12H2,(H,19,24). The van der Waals surface area contributed by atoms with E-state index in [2.05, 4.69) is 20.1 Å². The molecule has 2 aromatic heterocycles. The zero-order valence-corrected chi connectivity index (χ0v) is 14.5. The van der Waals surface area contributed by atoms with Gasteiger partial charge in [-0.15, -0.1) is 10.2 Å². The van der Waals surface area contributed by atoms with Crippen LogP contribution in [0.3, 0.4) is 0 Å². The van der Waals surface area contributed by atoms with Crippen molar-refractivity contribution in [2.45, 2.75) is 45.2 Å². The number of benzene rings is 1. The summed E-state index contributed by atoms with van der Waals surface area (Å²) in [6.45, 7) is 1.34. The highest BCUT2D eigenvalue weighted by molar-refractivity contribution is 5.79.